The van der Waals surface area contributed by atoms with Gasteiger partial charge in [0, 0.05) is 17.1 Å². The number of rotatable bonds is 7. The number of benzene rings is 11. The Bertz CT molecular complexity index is 3450. The smallest absolute Gasteiger partial charge is 0.0713 e. The number of aryl methyl sites for hydroxylation is 2. The van der Waals surface area contributed by atoms with Crippen LogP contribution in [-0.4, -0.2) is 0 Å². The monoisotopic (exact) mass is 815 g/mol. The molecule has 11 aromatic carbocycles. The quantitative estimate of drug-likeness (QED) is 0.145. The van der Waals surface area contributed by atoms with Gasteiger partial charge in [0.15, 0.2) is 0 Å². The van der Waals surface area contributed by atoms with Crippen LogP contribution in [-0.2, 0) is 5.41 Å². The zero-order chi connectivity index (χ0) is 42.8. The van der Waals surface area contributed by atoms with Crippen molar-refractivity contribution in [2.24, 2.45) is 0 Å². The number of anilines is 3. The fourth-order valence-electron chi connectivity index (χ4n) is 10.7. The Kier molecular flexibility index (Phi) is 8.91. The number of hydrogen-bond donors (Lipinski definition) is 0. The van der Waals surface area contributed by atoms with E-state index < -0.39 is 5.41 Å². The van der Waals surface area contributed by atoms with E-state index in [-0.39, 0.29) is 0 Å². The molecule has 302 valence electrons. The van der Waals surface area contributed by atoms with Crippen molar-refractivity contribution < 1.29 is 0 Å². The van der Waals surface area contributed by atoms with Gasteiger partial charge in [-0.1, -0.05) is 193 Å². The topological polar surface area (TPSA) is 3.24 Å². The molecule has 1 heteroatoms. The molecule has 0 unspecified atom stereocenters. The molecule has 0 fully saturated rings. The lowest BCUT2D eigenvalue weighted by Gasteiger charge is -2.34. The van der Waals surface area contributed by atoms with Gasteiger partial charge >= 0.3 is 0 Å². The van der Waals surface area contributed by atoms with Crippen molar-refractivity contribution in [3.8, 4) is 33.4 Å². The summed E-state index contributed by atoms with van der Waals surface area (Å²) in [5, 5.41) is 7.45. The van der Waals surface area contributed by atoms with E-state index in [9.17, 15) is 0 Å². The highest BCUT2D eigenvalue weighted by molar-refractivity contribution is 6.23. The van der Waals surface area contributed by atoms with E-state index in [0.29, 0.717) is 0 Å². The largest absolute Gasteiger partial charge is 0.311 e. The van der Waals surface area contributed by atoms with Crippen LogP contribution < -0.4 is 4.90 Å². The van der Waals surface area contributed by atoms with Crippen molar-refractivity contribution in [3.63, 3.8) is 0 Å². The van der Waals surface area contributed by atoms with E-state index in [1.54, 1.807) is 0 Å². The van der Waals surface area contributed by atoms with Crippen LogP contribution in [0, 0.1) is 13.8 Å². The van der Waals surface area contributed by atoms with E-state index in [4.69, 9.17) is 0 Å². The van der Waals surface area contributed by atoms with Gasteiger partial charge in [-0.15, -0.1) is 0 Å². The molecule has 0 bridgehead atoms. The minimum absolute atomic E-state index is 0.447. The molecule has 0 saturated carbocycles. The highest BCUT2D eigenvalue weighted by atomic mass is 15.1. The summed E-state index contributed by atoms with van der Waals surface area (Å²) in [6.07, 6.45) is 0. The van der Waals surface area contributed by atoms with Crippen LogP contribution in [0.1, 0.15) is 33.4 Å². The Hall–Kier alpha value is -8.00. The average molecular weight is 816 g/mol. The Morgan fingerprint density at radius 2 is 0.734 bits per heavy atom. The molecule has 0 aromatic heterocycles. The lowest BCUT2D eigenvalue weighted by Crippen LogP contribution is -2.28. The molecular formula is C63H45N. The predicted octanol–water partition coefficient (Wildman–Crippen LogP) is 16.9. The third-order valence-corrected chi connectivity index (χ3v) is 13.6. The van der Waals surface area contributed by atoms with Gasteiger partial charge in [0.2, 0.25) is 0 Å². The maximum Gasteiger partial charge on any atom is 0.0713 e. The average Bonchev–Trinajstić information content (AvgIpc) is 3.65. The van der Waals surface area contributed by atoms with Gasteiger partial charge in [-0.2, -0.15) is 0 Å². The summed E-state index contributed by atoms with van der Waals surface area (Å²) >= 11 is 0. The molecule has 12 rings (SSSR count). The summed E-state index contributed by atoms with van der Waals surface area (Å²) in [5.41, 5.74) is 18.1. The van der Waals surface area contributed by atoms with Gasteiger partial charge in [0.05, 0.1) is 5.41 Å². The molecule has 1 nitrogen and oxygen atoms in total. The van der Waals surface area contributed by atoms with Crippen molar-refractivity contribution >= 4 is 49.4 Å². The van der Waals surface area contributed by atoms with Gasteiger partial charge in [0.25, 0.3) is 0 Å². The van der Waals surface area contributed by atoms with E-state index in [1.807, 2.05) is 0 Å². The van der Waals surface area contributed by atoms with Crippen LogP contribution >= 0.6 is 0 Å². The summed E-state index contributed by atoms with van der Waals surface area (Å²) in [6.45, 7) is 4.29. The lowest BCUT2D eigenvalue weighted by molar-refractivity contribution is 0.768. The van der Waals surface area contributed by atoms with Gasteiger partial charge < -0.3 is 4.90 Å². The van der Waals surface area contributed by atoms with Crippen LogP contribution in [0.2, 0.25) is 0 Å². The van der Waals surface area contributed by atoms with E-state index in [2.05, 4.69) is 255 Å². The SMILES string of the molecule is Cc1ccc(N(c2ccc(C)cc2)c2ccc(-c3c4ccccc4c(-c4ccc5c(c4)-c4ccccc4C5(c4ccccc4)c4ccccc4)c4cc5ccccc5cc34)cc2)cc1. The van der Waals surface area contributed by atoms with E-state index >= 15 is 0 Å². The van der Waals surface area contributed by atoms with Crippen molar-refractivity contribution in [2.45, 2.75) is 19.3 Å². The molecule has 0 amide bonds. The zero-order valence-electron chi connectivity index (χ0n) is 36.0. The Morgan fingerprint density at radius 3 is 1.28 bits per heavy atom. The standard InChI is InChI=1S/C63H45N/c1-42-25-32-50(33-26-42)64(51-34-27-43(2)28-35-51)52-36-29-44(30-37-52)61-54-22-11-12-23-55(54)62(58-40-46-16-10-9-15-45(46)39-57(58)61)47-31-38-60-56(41-47)53-21-13-14-24-59(53)63(60,48-17-5-3-6-18-48)49-19-7-4-8-20-49/h3-41H,1-2H3. The van der Waals surface area contributed by atoms with Gasteiger partial charge in [-0.3, -0.25) is 0 Å². The Labute approximate surface area is 375 Å². The zero-order valence-corrected chi connectivity index (χ0v) is 36.0. The maximum atomic E-state index is 2.48. The first-order chi connectivity index (χ1) is 31.6. The lowest BCUT2D eigenvalue weighted by atomic mass is 9.67. The third kappa shape index (κ3) is 5.93. The van der Waals surface area contributed by atoms with Gasteiger partial charge in [-0.05, 0) is 156 Å². The molecule has 0 aliphatic heterocycles. The molecule has 0 N–H and O–H groups in total. The van der Waals surface area contributed by atoms with Crippen LogP contribution in [0.4, 0.5) is 17.1 Å². The molecule has 0 spiro atoms. The molecule has 64 heavy (non-hydrogen) atoms. The minimum atomic E-state index is -0.447. The Morgan fingerprint density at radius 1 is 0.312 bits per heavy atom. The summed E-state index contributed by atoms with van der Waals surface area (Å²) in [4.78, 5) is 2.35. The molecule has 11 aromatic rings. The summed E-state index contributed by atoms with van der Waals surface area (Å²) in [5.74, 6) is 0. The summed E-state index contributed by atoms with van der Waals surface area (Å²) < 4.78 is 0. The minimum Gasteiger partial charge on any atom is -0.311 e. The fraction of sp³-hybridized carbons (Fsp3) is 0.0476. The van der Waals surface area contributed by atoms with Crippen LogP contribution in [0.15, 0.2) is 237 Å². The molecule has 0 atom stereocenters. The molecular weight excluding hydrogens is 771 g/mol. The second-order valence-electron chi connectivity index (χ2n) is 17.4. The van der Waals surface area contributed by atoms with Crippen molar-refractivity contribution in [1.29, 1.82) is 0 Å². The van der Waals surface area contributed by atoms with Crippen molar-refractivity contribution in [2.75, 3.05) is 4.90 Å². The van der Waals surface area contributed by atoms with E-state index in [0.717, 1.165) is 17.1 Å². The van der Waals surface area contributed by atoms with Crippen LogP contribution in [0.3, 0.4) is 0 Å². The molecule has 0 heterocycles. The highest BCUT2D eigenvalue weighted by Gasteiger charge is 2.46. The second-order valence-corrected chi connectivity index (χ2v) is 17.4. The molecule has 0 saturated heterocycles. The van der Waals surface area contributed by atoms with Crippen LogP contribution in [0.5, 0.6) is 0 Å². The first-order valence-corrected chi connectivity index (χ1v) is 22.3. The first-order valence-electron chi connectivity index (χ1n) is 22.3. The number of fused-ring (bicyclic) bond motifs is 6. The normalized spacial score (nSPS) is 12.7. The fourth-order valence-corrected chi connectivity index (χ4v) is 10.7. The molecule has 0 radical (unpaired) electrons. The third-order valence-electron chi connectivity index (χ3n) is 13.6. The summed E-state index contributed by atoms with van der Waals surface area (Å²) in [7, 11) is 0. The number of nitrogens with zero attached hydrogens (tertiary/aromatic N) is 1. The van der Waals surface area contributed by atoms with E-state index in [1.165, 1.54) is 99.1 Å². The maximum absolute atomic E-state index is 2.48. The highest BCUT2D eigenvalue weighted by Crippen LogP contribution is 2.57. The molecule has 1 aliphatic rings. The predicted molar refractivity (Wildman–Crippen MR) is 271 cm³/mol. The van der Waals surface area contributed by atoms with Crippen LogP contribution in [0.25, 0.3) is 65.7 Å². The van der Waals surface area contributed by atoms with Crippen molar-refractivity contribution in [1.82, 2.24) is 0 Å². The second kappa shape index (κ2) is 15.1. The number of hydrogen-bond acceptors (Lipinski definition) is 1. The van der Waals surface area contributed by atoms with Crippen molar-refractivity contribution in [3.05, 3.63) is 270 Å². The van der Waals surface area contributed by atoms with Gasteiger partial charge in [0.1, 0.15) is 0 Å². The first kappa shape index (κ1) is 37.7. The van der Waals surface area contributed by atoms with Gasteiger partial charge in [-0.25, -0.2) is 0 Å². The molecule has 1 aliphatic carbocycles. The Balaban J connectivity index is 1.09. The summed E-state index contributed by atoms with van der Waals surface area (Å²) in [6, 6.07) is 88.0.